The number of carbonyl (C=O) groups excluding carboxylic acids is 2. The first-order valence-electron chi connectivity index (χ1n) is 13.9. The molecule has 1 aromatic carbocycles. The number of likely N-dealkylation sites (N-methyl/N-ethyl adjacent to an activating group) is 1. The lowest BCUT2D eigenvalue weighted by molar-refractivity contribution is 0.0340. The maximum absolute atomic E-state index is 13.4. The van der Waals surface area contributed by atoms with Crippen LogP contribution in [0, 0.1) is 0 Å². The first-order chi connectivity index (χ1) is 19.2. The Morgan fingerprint density at radius 2 is 1.75 bits per heavy atom. The topological polar surface area (TPSA) is 128 Å². The number of aliphatic hydroxyl groups is 1. The number of fused-ring (bicyclic) bond motifs is 3. The van der Waals surface area contributed by atoms with Gasteiger partial charge in [-0.1, -0.05) is 12.1 Å². The molecule has 10 heteroatoms. The molecule has 2 aliphatic rings. The number of aromatic hydroxyl groups is 1. The van der Waals surface area contributed by atoms with E-state index in [1.807, 2.05) is 13.8 Å². The Morgan fingerprint density at radius 1 is 1.10 bits per heavy atom. The van der Waals surface area contributed by atoms with Crippen LogP contribution in [-0.4, -0.2) is 85.7 Å². The second kappa shape index (κ2) is 11.4. The van der Waals surface area contributed by atoms with Crippen LogP contribution in [0.4, 0.5) is 0 Å². The summed E-state index contributed by atoms with van der Waals surface area (Å²) in [4.78, 5) is 47.1. The van der Waals surface area contributed by atoms with Gasteiger partial charge in [0, 0.05) is 67.6 Å². The SMILES string of the molecule is CC(C)n1c(=O)c(C(=O)NC2C[C@H]3CC[C@@H](C2)N3CC(O)CN(C)C(=O)c2ccncc2)c(O)c2ccccc21. The van der Waals surface area contributed by atoms with Gasteiger partial charge in [0.05, 0.1) is 11.6 Å². The summed E-state index contributed by atoms with van der Waals surface area (Å²) in [7, 11) is 1.68. The maximum Gasteiger partial charge on any atom is 0.267 e. The number of nitrogens with zero attached hydrogens (tertiary/aromatic N) is 4. The van der Waals surface area contributed by atoms with Gasteiger partial charge in [-0.15, -0.1) is 0 Å². The van der Waals surface area contributed by atoms with Gasteiger partial charge >= 0.3 is 0 Å². The normalized spacial score (nSPS) is 21.5. The van der Waals surface area contributed by atoms with Crippen molar-refractivity contribution in [2.24, 2.45) is 0 Å². The molecule has 4 heterocycles. The molecule has 2 aromatic heterocycles. The van der Waals surface area contributed by atoms with E-state index >= 15 is 0 Å². The number of hydrogen-bond donors (Lipinski definition) is 3. The monoisotopic (exact) mass is 547 g/mol. The summed E-state index contributed by atoms with van der Waals surface area (Å²) in [5.74, 6) is -1.01. The van der Waals surface area contributed by atoms with Crippen LogP contribution in [0.15, 0.2) is 53.6 Å². The standard InChI is InChI=1S/C30H37N5O5/c1-18(2)35-25-7-5-4-6-24(25)27(37)26(30(35)40)28(38)32-20-14-21-8-9-22(15-20)34(21)17-23(36)16-33(3)29(39)19-10-12-31-13-11-19/h4-7,10-13,18,20-23,36-37H,8-9,14-17H2,1-3H3,(H,32,38)/t20?,21-,22+,23?. The molecule has 5 rings (SSSR count). The number of para-hydroxylation sites is 1. The van der Waals surface area contributed by atoms with Gasteiger partial charge in [0.15, 0.2) is 0 Å². The van der Waals surface area contributed by atoms with E-state index in [4.69, 9.17) is 0 Å². The number of amides is 2. The molecule has 2 aliphatic heterocycles. The third-order valence-electron chi connectivity index (χ3n) is 8.23. The molecule has 2 bridgehead atoms. The Bertz CT molecular complexity index is 1440. The van der Waals surface area contributed by atoms with Crippen LogP contribution in [0.25, 0.3) is 10.9 Å². The van der Waals surface area contributed by atoms with Crippen molar-refractivity contribution in [2.45, 2.75) is 69.8 Å². The second-order valence-electron chi connectivity index (χ2n) is 11.3. The first-order valence-corrected chi connectivity index (χ1v) is 13.9. The maximum atomic E-state index is 13.4. The van der Waals surface area contributed by atoms with Gasteiger partial charge in [0.2, 0.25) is 0 Å². The van der Waals surface area contributed by atoms with E-state index in [9.17, 15) is 24.6 Å². The fraction of sp³-hybridized carbons (Fsp3) is 0.467. The average Bonchev–Trinajstić information content (AvgIpc) is 3.15. The highest BCUT2D eigenvalue weighted by molar-refractivity contribution is 6.02. The van der Waals surface area contributed by atoms with Crippen LogP contribution in [0.2, 0.25) is 0 Å². The average molecular weight is 548 g/mol. The summed E-state index contributed by atoms with van der Waals surface area (Å²) in [5, 5.41) is 25.3. The molecule has 0 radical (unpaired) electrons. The predicted octanol–water partition coefficient (Wildman–Crippen LogP) is 2.54. The van der Waals surface area contributed by atoms with Gasteiger partial charge in [0.25, 0.3) is 17.4 Å². The minimum atomic E-state index is -0.714. The number of aromatic nitrogens is 2. The van der Waals surface area contributed by atoms with Gasteiger partial charge in [-0.2, -0.15) is 0 Å². The summed E-state index contributed by atoms with van der Waals surface area (Å²) in [5.41, 5.74) is 0.394. The van der Waals surface area contributed by atoms with Gasteiger partial charge in [0.1, 0.15) is 11.3 Å². The lowest BCUT2D eigenvalue weighted by Crippen LogP contribution is -2.53. The Kier molecular flexibility index (Phi) is 7.91. The third-order valence-corrected chi connectivity index (χ3v) is 8.23. The molecule has 3 aromatic rings. The summed E-state index contributed by atoms with van der Waals surface area (Å²) < 4.78 is 1.55. The van der Waals surface area contributed by atoms with Crippen molar-refractivity contribution in [3.63, 3.8) is 0 Å². The van der Waals surface area contributed by atoms with Crippen molar-refractivity contribution in [2.75, 3.05) is 20.1 Å². The van der Waals surface area contributed by atoms with Crippen LogP contribution >= 0.6 is 0 Å². The van der Waals surface area contributed by atoms with Crippen molar-refractivity contribution in [3.05, 3.63) is 70.3 Å². The molecule has 4 atom stereocenters. The highest BCUT2D eigenvalue weighted by atomic mass is 16.3. The van der Waals surface area contributed by atoms with Crippen LogP contribution in [0.5, 0.6) is 5.75 Å². The molecule has 0 aliphatic carbocycles. The summed E-state index contributed by atoms with van der Waals surface area (Å²) >= 11 is 0. The highest BCUT2D eigenvalue weighted by Gasteiger charge is 2.42. The Hall–Kier alpha value is -3.76. The van der Waals surface area contributed by atoms with Crippen molar-refractivity contribution in [3.8, 4) is 5.75 Å². The van der Waals surface area contributed by atoms with E-state index in [1.54, 1.807) is 60.4 Å². The lowest BCUT2D eigenvalue weighted by atomic mass is 9.96. The third kappa shape index (κ3) is 5.33. The molecular formula is C30H37N5O5. The molecule has 40 heavy (non-hydrogen) atoms. The molecule has 2 amide bonds. The zero-order valence-corrected chi connectivity index (χ0v) is 23.2. The van der Waals surface area contributed by atoms with Gasteiger partial charge in [-0.3, -0.25) is 24.3 Å². The summed E-state index contributed by atoms with van der Waals surface area (Å²) in [6.45, 7) is 4.40. The van der Waals surface area contributed by atoms with Gasteiger partial charge in [-0.25, -0.2) is 0 Å². The molecular weight excluding hydrogens is 510 g/mol. The van der Waals surface area contributed by atoms with Crippen LogP contribution < -0.4 is 10.9 Å². The summed E-state index contributed by atoms with van der Waals surface area (Å²) in [6, 6.07) is 10.4. The van der Waals surface area contributed by atoms with Crippen LogP contribution in [0.1, 0.15) is 66.3 Å². The van der Waals surface area contributed by atoms with E-state index < -0.39 is 17.6 Å². The number of pyridine rings is 2. The van der Waals surface area contributed by atoms with Crippen molar-refractivity contribution in [1.29, 1.82) is 0 Å². The number of hydrogen-bond acceptors (Lipinski definition) is 7. The largest absolute Gasteiger partial charge is 0.506 e. The molecule has 10 nitrogen and oxygen atoms in total. The number of rotatable bonds is 8. The highest BCUT2D eigenvalue weighted by Crippen LogP contribution is 2.36. The molecule has 2 unspecified atom stereocenters. The zero-order valence-electron chi connectivity index (χ0n) is 23.2. The number of carbonyl (C=O) groups is 2. The fourth-order valence-corrected chi connectivity index (χ4v) is 6.43. The van der Waals surface area contributed by atoms with Crippen LogP contribution in [0.3, 0.4) is 0 Å². The Labute approximate surface area is 233 Å². The van der Waals surface area contributed by atoms with Crippen molar-refractivity contribution in [1.82, 2.24) is 24.7 Å². The Morgan fingerprint density at radius 3 is 2.40 bits per heavy atom. The molecule has 212 valence electrons. The fourth-order valence-electron chi connectivity index (χ4n) is 6.43. The van der Waals surface area contributed by atoms with Crippen molar-refractivity contribution >= 4 is 22.7 Å². The number of piperidine rings is 1. The predicted molar refractivity (Wildman–Crippen MR) is 151 cm³/mol. The molecule has 2 fully saturated rings. The van der Waals surface area contributed by atoms with Crippen molar-refractivity contribution < 1.29 is 19.8 Å². The quantitative estimate of drug-likeness (QED) is 0.395. The van der Waals surface area contributed by atoms with E-state index in [1.165, 1.54) is 4.90 Å². The number of benzene rings is 1. The minimum absolute atomic E-state index is 0.146. The molecule has 2 saturated heterocycles. The zero-order chi connectivity index (χ0) is 28.6. The molecule has 0 saturated carbocycles. The minimum Gasteiger partial charge on any atom is -0.506 e. The summed E-state index contributed by atoms with van der Waals surface area (Å²) in [6.07, 6.45) is 5.71. The van der Waals surface area contributed by atoms with E-state index in [0.29, 0.717) is 35.9 Å². The molecule has 3 N–H and O–H groups in total. The van der Waals surface area contributed by atoms with Gasteiger partial charge in [-0.05, 0) is 63.8 Å². The van der Waals surface area contributed by atoms with E-state index in [2.05, 4.69) is 15.2 Å². The number of aliphatic hydroxyl groups excluding tert-OH is 1. The second-order valence-corrected chi connectivity index (χ2v) is 11.3. The lowest BCUT2D eigenvalue weighted by Gasteiger charge is -2.40. The Balaban J connectivity index is 1.24. The smallest absolute Gasteiger partial charge is 0.267 e. The van der Waals surface area contributed by atoms with E-state index in [-0.39, 0.29) is 47.9 Å². The van der Waals surface area contributed by atoms with Crippen LogP contribution in [-0.2, 0) is 0 Å². The van der Waals surface area contributed by atoms with Gasteiger partial charge < -0.3 is 25.0 Å². The number of nitrogens with one attached hydrogen (secondary N) is 1. The molecule has 0 spiro atoms. The first kappa shape index (κ1) is 27.8. The van der Waals surface area contributed by atoms with E-state index in [0.717, 1.165) is 12.8 Å².